The second kappa shape index (κ2) is 8.72. The highest BCUT2D eigenvalue weighted by Crippen LogP contribution is 2.37. The normalized spacial score (nSPS) is 12.3. The zero-order valence-electron chi connectivity index (χ0n) is 17.3. The first-order valence-electron chi connectivity index (χ1n) is 10.1. The molecule has 4 aromatic rings. The Kier molecular flexibility index (Phi) is 5.83. The van der Waals surface area contributed by atoms with E-state index in [1.54, 1.807) is 36.7 Å². The Morgan fingerprint density at radius 2 is 1.66 bits per heavy atom. The minimum Gasteiger partial charge on any atom is -0.327 e. The Bertz CT molecular complexity index is 1250. The smallest absolute Gasteiger partial charge is 0.327 e. The molecule has 1 unspecified atom stereocenters. The molecule has 3 nitrogen and oxygen atoms in total. The van der Waals surface area contributed by atoms with Gasteiger partial charge in [-0.3, -0.25) is 0 Å². The van der Waals surface area contributed by atoms with Crippen LogP contribution in [0.4, 0.5) is 13.2 Å². The number of aromatic nitrogens is 2. The van der Waals surface area contributed by atoms with E-state index in [2.05, 4.69) is 15.6 Å². The molecule has 6 heteroatoms. The Morgan fingerprint density at radius 1 is 0.969 bits per heavy atom. The van der Waals surface area contributed by atoms with Crippen LogP contribution >= 0.6 is 0 Å². The summed E-state index contributed by atoms with van der Waals surface area (Å²) in [5.41, 5.74) is 3.71. The van der Waals surface area contributed by atoms with E-state index in [0.29, 0.717) is 17.5 Å². The number of nitriles is 1. The molecule has 0 amide bonds. The van der Waals surface area contributed by atoms with Gasteiger partial charge in [-0.1, -0.05) is 54.6 Å². The molecule has 1 heterocycles. The van der Waals surface area contributed by atoms with Crippen molar-refractivity contribution in [2.45, 2.75) is 25.6 Å². The monoisotopic (exact) mass is 431 g/mol. The number of imidazole rings is 1. The molecule has 0 aliphatic heterocycles. The van der Waals surface area contributed by atoms with Crippen molar-refractivity contribution in [3.05, 3.63) is 113 Å². The van der Waals surface area contributed by atoms with Crippen LogP contribution in [0, 0.1) is 11.3 Å². The molecule has 3 aromatic carbocycles. The highest BCUT2D eigenvalue weighted by atomic mass is 19.4. The number of halogens is 3. The first-order chi connectivity index (χ1) is 15.4. The molecule has 0 saturated carbocycles. The zero-order valence-corrected chi connectivity index (χ0v) is 17.3. The Labute approximate surface area is 184 Å². The van der Waals surface area contributed by atoms with Crippen molar-refractivity contribution in [3.63, 3.8) is 0 Å². The van der Waals surface area contributed by atoms with Crippen molar-refractivity contribution in [2.24, 2.45) is 0 Å². The predicted molar refractivity (Wildman–Crippen MR) is 117 cm³/mol. The lowest BCUT2D eigenvalue weighted by molar-refractivity contribution is -0.137. The SMILES string of the molecule is CC(c1ccc(-c2ccccc2C(F)(F)F)cc1)n1cncc1Cc1ccc(C#N)cc1. The molecule has 160 valence electrons. The molecule has 0 radical (unpaired) electrons. The second-order valence-electron chi connectivity index (χ2n) is 7.62. The van der Waals surface area contributed by atoms with Gasteiger partial charge < -0.3 is 4.57 Å². The largest absolute Gasteiger partial charge is 0.417 e. The van der Waals surface area contributed by atoms with E-state index in [1.807, 2.05) is 37.4 Å². The van der Waals surface area contributed by atoms with Gasteiger partial charge in [0.15, 0.2) is 0 Å². The van der Waals surface area contributed by atoms with Crippen LogP contribution in [-0.4, -0.2) is 9.55 Å². The van der Waals surface area contributed by atoms with Crippen LogP contribution in [-0.2, 0) is 12.6 Å². The fraction of sp³-hybridized carbons (Fsp3) is 0.154. The van der Waals surface area contributed by atoms with Crippen molar-refractivity contribution in [1.82, 2.24) is 9.55 Å². The summed E-state index contributed by atoms with van der Waals surface area (Å²) in [5.74, 6) is 0. The molecular formula is C26H20F3N3. The van der Waals surface area contributed by atoms with Gasteiger partial charge in [0.05, 0.1) is 29.6 Å². The number of hydrogen-bond donors (Lipinski definition) is 0. The molecule has 0 fully saturated rings. The fourth-order valence-electron chi connectivity index (χ4n) is 3.81. The van der Waals surface area contributed by atoms with Gasteiger partial charge in [0.1, 0.15) is 0 Å². The molecule has 1 aromatic heterocycles. The van der Waals surface area contributed by atoms with Crippen LogP contribution < -0.4 is 0 Å². The maximum Gasteiger partial charge on any atom is 0.417 e. The van der Waals surface area contributed by atoms with E-state index >= 15 is 0 Å². The van der Waals surface area contributed by atoms with Gasteiger partial charge in [0.25, 0.3) is 0 Å². The van der Waals surface area contributed by atoms with Gasteiger partial charge in [0.2, 0.25) is 0 Å². The highest BCUT2D eigenvalue weighted by molar-refractivity contribution is 5.68. The summed E-state index contributed by atoms with van der Waals surface area (Å²) in [6.07, 6.45) is -0.175. The summed E-state index contributed by atoms with van der Waals surface area (Å²) in [6.45, 7) is 2.03. The van der Waals surface area contributed by atoms with Gasteiger partial charge >= 0.3 is 6.18 Å². The average Bonchev–Trinajstić information content (AvgIpc) is 3.27. The van der Waals surface area contributed by atoms with Gasteiger partial charge in [0, 0.05) is 18.3 Å². The van der Waals surface area contributed by atoms with Crippen molar-refractivity contribution in [2.75, 3.05) is 0 Å². The third-order valence-electron chi connectivity index (χ3n) is 5.57. The first kappa shape index (κ1) is 21.4. The van der Waals surface area contributed by atoms with Crippen LogP contribution in [0.15, 0.2) is 85.3 Å². The summed E-state index contributed by atoms with van der Waals surface area (Å²) in [5, 5.41) is 8.96. The zero-order chi connectivity index (χ0) is 22.7. The minimum atomic E-state index is -4.40. The van der Waals surface area contributed by atoms with E-state index in [9.17, 15) is 13.2 Å². The molecule has 0 aliphatic carbocycles. The van der Waals surface area contributed by atoms with Crippen LogP contribution in [0.3, 0.4) is 0 Å². The van der Waals surface area contributed by atoms with Gasteiger partial charge in [-0.25, -0.2) is 4.98 Å². The van der Waals surface area contributed by atoms with E-state index in [-0.39, 0.29) is 11.6 Å². The van der Waals surface area contributed by atoms with Gasteiger partial charge in [-0.05, 0) is 47.4 Å². The molecule has 1 atom stereocenters. The Balaban J connectivity index is 1.58. The lowest BCUT2D eigenvalue weighted by Crippen LogP contribution is -2.10. The Hall–Kier alpha value is -3.85. The minimum absolute atomic E-state index is 0.0437. The van der Waals surface area contributed by atoms with Crippen LogP contribution in [0.1, 0.15) is 40.9 Å². The lowest BCUT2D eigenvalue weighted by atomic mass is 9.97. The van der Waals surface area contributed by atoms with E-state index < -0.39 is 11.7 Å². The third-order valence-corrected chi connectivity index (χ3v) is 5.57. The molecule has 4 rings (SSSR count). The second-order valence-corrected chi connectivity index (χ2v) is 7.62. The average molecular weight is 431 g/mol. The molecule has 32 heavy (non-hydrogen) atoms. The number of benzene rings is 3. The van der Waals surface area contributed by atoms with Gasteiger partial charge in [-0.2, -0.15) is 18.4 Å². The maximum atomic E-state index is 13.4. The quantitative estimate of drug-likeness (QED) is 0.355. The number of rotatable bonds is 5. The van der Waals surface area contributed by atoms with Crippen molar-refractivity contribution in [3.8, 4) is 17.2 Å². The third kappa shape index (κ3) is 4.42. The number of nitrogens with zero attached hydrogens (tertiary/aromatic N) is 3. The van der Waals surface area contributed by atoms with Gasteiger partial charge in [-0.15, -0.1) is 0 Å². The highest BCUT2D eigenvalue weighted by Gasteiger charge is 2.33. The predicted octanol–water partition coefficient (Wildman–Crippen LogP) is 6.64. The molecule has 0 bridgehead atoms. The van der Waals surface area contributed by atoms with E-state index in [0.717, 1.165) is 22.9 Å². The fourth-order valence-corrected chi connectivity index (χ4v) is 3.81. The van der Waals surface area contributed by atoms with Crippen molar-refractivity contribution < 1.29 is 13.2 Å². The van der Waals surface area contributed by atoms with Crippen LogP contribution in [0.25, 0.3) is 11.1 Å². The summed E-state index contributed by atoms with van der Waals surface area (Å²) >= 11 is 0. The summed E-state index contributed by atoms with van der Waals surface area (Å²) < 4.78 is 42.2. The van der Waals surface area contributed by atoms with Crippen LogP contribution in [0.5, 0.6) is 0 Å². The topological polar surface area (TPSA) is 41.6 Å². The standard InChI is InChI=1S/C26H20F3N3/c1-18(32-17-31-16-23(32)14-19-6-8-20(15-30)9-7-19)21-10-12-22(13-11-21)24-4-2-3-5-25(24)26(27,28)29/h2-13,16-18H,14H2,1H3. The van der Waals surface area contributed by atoms with E-state index in [4.69, 9.17) is 5.26 Å². The first-order valence-corrected chi connectivity index (χ1v) is 10.1. The molecule has 0 spiro atoms. The van der Waals surface area contributed by atoms with E-state index in [1.165, 1.54) is 12.1 Å². The number of hydrogen-bond acceptors (Lipinski definition) is 2. The number of alkyl halides is 3. The summed E-state index contributed by atoms with van der Waals surface area (Å²) in [4.78, 5) is 4.29. The molecule has 0 N–H and O–H groups in total. The molecular weight excluding hydrogens is 411 g/mol. The Morgan fingerprint density at radius 3 is 2.31 bits per heavy atom. The lowest BCUT2D eigenvalue weighted by Gasteiger charge is -2.18. The van der Waals surface area contributed by atoms with Crippen molar-refractivity contribution >= 4 is 0 Å². The summed E-state index contributed by atoms with van der Waals surface area (Å²) in [7, 11) is 0. The van der Waals surface area contributed by atoms with Crippen LogP contribution in [0.2, 0.25) is 0 Å². The molecule has 0 aliphatic rings. The molecule has 0 saturated heterocycles. The summed E-state index contributed by atoms with van der Waals surface area (Å²) in [6, 6.07) is 22.3. The maximum absolute atomic E-state index is 13.4. The van der Waals surface area contributed by atoms with Crippen molar-refractivity contribution in [1.29, 1.82) is 5.26 Å².